The third kappa shape index (κ3) is 7.31. The van der Waals surface area contributed by atoms with E-state index in [0.717, 1.165) is 44.0 Å². The van der Waals surface area contributed by atoms with E-state index in [9.17, 15) is 31.6 Å². The maximum absolute atomic E-state index is 14.2. The van der Waals surface area contributed by atoms with Gasteiger partial charge in [0.25, 0.3) is 0 Å². The fraction of sp³-hybridized carbons (Fsp3) is 0.567. The minimum absolute atomic E-state index is 0.0457. The minimum Gasteiger partial charge on any atom is -0.303 e. The van der Waals surface area contributed by atoms with E-state index < -0.39 is 40.4 Å². The average Bonchev–Trinajstić information content (AvgIpc) is 2.89. The van der Waals surface area contributed by atoms with Crippen LogP contribution in [0.5, 0.6) is 0 Å². The minimum atomic E-state index is -5.00. The third-order valence-electron chi connectivity index (χ3n) is 7.77. The molecule has 0 aliphatic heterocycles. The summed E-state index contributed by atoms with van der Waals surface area (Å²) < 4.78 is 85.1. The van der Waals surface area contributed by atoms with Crippen LogP contribution in [0.1, 0.15) is 80.5 Å². The van der Waals surface area contributed by atoms with Crippen LogP contribution in [0.2, 0.25) is 0 Å². The number of alkyl halides is 6. The van der Waals surface area contributed by atoms with Gasteiger partial charge in [0.05, 0.1) is 22.6 Å². The Morgan fingerprint density at radius 3 is 1.95 bits per heavy atom. The molecule has 38 heavy (non-hydrogen) atoms. The Labute approximate surface area is 221 Å². The molecule has 208 valence electrons. The van der Waals surface area contributed by atoms with Crippen LogP contribution in [-0.4, -0.2) is 24.5 Å². The maximum atomic E-state index is 14.2. The Kier molecular flexibility index (Phi) is 10.3. The summed E-state index contributed by atoms with van der Waals surface area (Å²) in [5.41, 5.74) is -4.26. The number of nitrogens with zero attached hydrogens (tertiary/aromatic N) is 2. The summed E-state index contributed by atoms with van der Waals surface area (Å²) in [5.74, 6) is -0.560. The summed E-state index contributed by atoms with van der Waals surface area (Å²) in [7, 11) is 0. The van der Waals surface area contributed by atoms with Gasteiger partial charge < -0.3 is 4.90 Å². The Balaban J connectivity index is 1.97. The Morgan fingerprint density at radius 2 is 1.42 bits per heavy atom. The standard InChI is InChI=1S/C30H36F6N2/c1-2-19-38(21-17-23-11-5-3-6-12-23)20-10-18-28(22-37,24-13-7-4-8-14-24)27-25(29(31,32)33)15-9-16-26(27)30(34,35)36/h3,5-6,9,11-12,15-16,24H,2,4,7-8,10,13-14,17-21H2,1H3. The largest absolute Gasteiger partial charge is 0.416 e. The molecule has 0 amide bonds. The quantitative estimate of drug-likeness (QED) is 0.267. The first-order valence-electron chi connectivity index (χ1n) is 13.5. The van der Waals surface area contributed by atoms with Gasteiger partial charge in [0, 0.05) is 6.54 Å². The van der Waals surface area contributed by atoms with Crippen molar-refractivity contribution in [2.45, 2.75) is 82.5 Å². The molecule has 0 spiro atoms. The molecule has 0 N–H and O–H groups in total. The smallest absolute Gasteiger partial charge is 0.303 e. The van der Waals surface area contributed by atoms with Gasteiger partial charge in [-0.3, -0.25) is 0 Å². The van der Waals surface area contributed by atoms with E-state index in [1.165, 1.54) is 0 Å². The number of hydrogen-bond donors (Lipinski definition) is 0. The lowest BCUT2D eigenvalue weighted by Gasteiger charge is -2.41. The molecule has 0 aromatic heterocycles. The second kappa shape index (κ2) is 13.0. The van der Waals surface area contributed by atoms with E-state index in [4.69, 9.17) is 0 Å². The van der Waals surface area contributed by atoms with Gasteiger partial charge in [0.1, 0.15) is 0 Å². The molecular formula is C30H36F6N2. The van der Waals surface area contributed by atoms with E-state index in [-0.39, 0.29) is 6.42 Å². The molecule has 1 fully saturated rings. The van der Waals surface area contributed by atoms with Crippen molar-refractivity contribution in [1.82, 2.24) is 4.90 Å². The zero-order valence-electron chi connectivity index (χ0n) is 21.8. The predicted molar refractivity (Wildman–Crippen MR) is 136 cm³/mol. The second-order valence-corrected chi connectivity index (χ2v) is 10.3. The highest BCUT2D eigenvalue weighted by Gasteiger charge is 2.51. The lowest BCUT2D eigenvalue weighted by molar-refractivity contribution is -0.145. The zero-order chi connectivity index (χ0) is 27.8. The SMILES string of the molecule is CCCN(CCCC(C#N)(c1c(C(F)(F)F)cccc1C(F)(F)F)C1CCCCC1)CCc1ccccc1. The van der Waals surface area contributed by atoms with Crippen LogP contribution < -0.4 is 0 Å². The van der Waals surface area contributed by atoms with Crippen molar-refractivity contribution in [3.63, 3.8) is 0 Å². The summed E-state index contributed by atoms with van der Waals surface area (Å²) in [6.07, 6.45) is -4.89. The van der Waals surface area contributed by atoms with E-state index in [0.29, 0.717) is 50.8 Å². The van der Waals surface area contributed by atoms with E-state index >= 15 is 0 Å². The number of hydrogen-bond acceptors (Lipinski definition) is 2. The van der Waals surface area contributed by atoms with Crippen LogP contribution in [0.25, 0.3) is 0 Å². The van der Waals surface area contributed by atoms with Gasteiger partial charge in [0.15, 0.2) is 0 Å². The molecule has 0 radical (unpaired) electrons. The van der Waals surface area contributed by atoms with Gasteiger partial charge in [-0.15, -0.1) is 0 Å². The van der Waals surface area contributed by atoms with E-state index in [1.807, 2.05) is 37.3 Å². The lowest BCUT2D eigenvalue weighted by Crippen LogP contribution is -2.40. The van der Waals surface area contributed by atoms with Gasteiger partial charge in [0.2, 0.25) is 0 Å². The van der Waals surface area contributed by atoms with Crippen LogP contribution in [0.3, 0.4) is 0 Å². The number of halogens is 6. The summed E-state index contributed by atoms with van der Waals surface area (Å²) in [6.45, 7) is 4.04. The fourth-order valence-corrected chi connectivity index (χ4v) is 6.00. The van der Waals surface area contributed by atoms with Crippen molar-refractivity contribution in [2.75, 3.05) is 19.6 Å². The van der Waals surface area contributed by atoms with Crippen molar-refractivity contribution < 1.29 is 26.3 Å². The monoisotopic (exact) mass is 538 g/mol. The van der Waals surface area contributed by atoms with Crippen molar-refractivity contribution in [3.05, 3.63) is 70.8 Å². The maximum Gasteiger partial charge on any atom is 0.416 e. The molecule has 0 bridgehead atoms. The van der Waals surface area contributed by atoms with E-state index in [2.05, 4.69) is 11.0 Å². The first kappa shape index (κ1) is 30.0. The summed E-state index contributed by atoms with van der Waals surface area (Å²) in [6, 6.07) is 14.2. The fourth-order valence-electron chi connectivity index (χ4n) is 6.00. The van der Waals surface area contributed by atoms with Crippen molar-refractivity contribution >= 4 is 0 Å². The summed E-state index contributed by atoms with van der Waals surface area (Å²) in [5, 5.41) is 10.5. The number of nitriles is 1. The molecule has 3 rings (SSSR count). The Bertz CT molecular complexity index is 1020. The molecular weight excluding hydrogens is 502 g/mol. The van der Waals surface area contributed by atoms with Crippen molar-refractivity contribution in [3.8, 4) is 6.07 Å². The molecule has 1 unspecified atom stereocenters. The molecule has 1 aliphatic carbocycles. The Morgan fingerprint density at radius 1 is 0.816 bits per heavy atom. The van der Waals surface area contributed by atoms with Gasteiger partial charge in [-0.1, -0.05) is 62.6 Å². The highest BCUT2D eigenvalue weighted by Crippen LogP contribution is 2.51. The summed E-state index contributed by atoms with van der Waals surface area (Å²) in [4.78, 5) is 2.19. The van der Waals surface area contributed by atoms with Gasteiger partial charge in [-0.25, -0.2) is 0 Å². The Hall–Kier alpha value is -2.53. The summed E-state index contributed by atoms with van der Waals surface area (Å²) >= 11 is 0. The van der Waals surface area contributed by atoms with Crippen LogP contribution >= 0.6 is 0 Å². The molecule has 2 nitrogen and oxygen atoms in total. The first-order valence-corrected chi connectivity index (χ1v) is 13.5. The van der Waals surface area contributed by atoms with Gasteiger partial charge >= 0.3 is 12.4 Å². The lowest BCUT2D eigenvalue weighted by atomic mass is 9.61. The van der Waals surface area contributed by atoms with E-state index in [1.54, 1.807) is 0 Å². The molecule has 1 saturated carbocycles. The number of rotatable bonds is 11. The molecule has 2 aromatic rings. The third-order valence-corrected chi connectivity index (χ3v) is 7.77. The molecule has 0 saturated heterocycles. The van der Waals surface area contributed by atoms with Crippen molar-refractivity contribution in [1.29, 1.82) is 5.26 Å². The van der Waals surface area contributed by atoms with Crippen molar-refractivity contribution in [2.24, 2.45) is 5.92 Å². The highest BCUT2D eigenvalue weighted by molar-refractivity contribution is 5.48. The first-order chi connectivity index (χ1) is 18.0. The van der Waals surface area contributed by atoms with Crippen LogP contribution in [0, 0.1) is 17.2 Å². The zero-order valence-corrected chi connectivity index (χ0v) is 21.8. The molecule has 2 aromatic carbocycles. The highest BCUT2D eigenvalue weighted by atomic mass is 19.4. The van der Waals surface area contributed by atoms with Crippen LogP contribution in [0.4, 0.5) is 26.3 Å². The molecule has 8 heteroatoms. The second-order valence-electron chi connectivity index (χ2n) is 10.3. The average molecular weight is 539 g/mol. The van der Waals surface area contributed by atoms with Crippen LogP contribution in [0.15, 0.2) is 48.5 Å². The normalized spacial score (nSPS) is 16.8. The predicted octanol–water partition coefficient (Wildman–Crippen LogP) is 8.80. The molecule has 1 aliphatic rings. The van der Waals surface area contributed by atoms with Crippen LogP contribution in [-0.2, 0) is 24.2 Å². The number of benzene rings is 2. The van der Waals surface area contributed by atoms with Gasteiger partial charge in [-0.05, 0) is 80.8 Å². The van der Waals surface area contributed by atoms with Gasteiger partial charge in [-0.2, -0.15) is 31.6 Å². The molecule has 0 heterocycles. The topological polar surface area (TPSA) is 27.0 Å². The molecule has 1 atom stereocenters.